The second-order valence-electron chi connectivity index (χ2n) is 7.93. The topological polar surface area (TPSA) is 87.2 Å². The standard InChI is InChI=1S/C25H20N2O5/c1-15-7-13-18(14-8-15)26-23(28)20-21(16-9-11-17(12-10-16)25(30)31)27(32-22(20)24(26)29)19-5-3-2-4-6-19/h2-14,20-22H,1H3,(H,30,31). The molecule has 2 aliphatic rings. The van der Waals surface area contributed by atoms with E-state index in [4.69, 9.17) is 4.84 Å². The van der Waals surface area contributed by atoms with Gasteiger partial charge in [-0.15, -0.1) is 0 Å². The highest BCUT2D eigenvalue weighted by atomic mass is 16.7. The second kappa shape index (κ2) is 7.62. The fourth-order valence-corrected chi connectivity index (χ4v) is 4.32. The number of hydroxylamine groups is 1. The molecule has 5 rings (SSSR count). The Morgan fingerprint density at radius 2 is 1.50 bits per heavy atom. The lowest BCUT2D eigenvalue weighted by Crippen LogP contribution is -2.37. The molecule has 2 amide bonds. The zero-order valence-electron chi connectivity index (χ0n) is 17.2. The Morgan fingerprint density at radius 3 is 2.12 bits per heavy atom. The molecule has 0 bridgehead atoms. The summed E-state index contributed by atoms with van der Waals surface area (Å²) < 4.78 is 0. The van der Waals surface area contributed by atoms with E-state index < -0.39 is 29.9 Å². The van der Waals surface area contributed by atoms with Gasteiger partial charge in [0.05, 0.1) is 23.0 Å². The molecule has 0 aromatic heterocycles. The van der Waals surface area contributed by atoms with E-state index in [1.807, 2.05) is 49.4 Å². The zero-order valence-corrected chi connectivity index (χ0v) is 17.2. The quantitative estimate of drug-likeness (QED) is 0.637. The van der Waals surface area contributed by atoms with Crippen LogP contribution in [0.15, 0.2) is 78.9 Å². The lowest BCUT2D eigenvalue weighted by atomic mass is 9.90. The predicted molar refractivity (Wildman–Crippen MR) is 117 cm³/mol. The van der Waals surface area contributed by atoms with Crippen molar-refractivity contribution >= 4 is 29.2 Å². The number of aryl methyl sites for hydroxylation is 1. The summed E-state index contributed by atoms with van der Waals surface area (Å²) in [5, 5.41) is 10.8. The van der Waals surface area contributed by atoms with Gasteiger partial charge in [0.15, 0.2) is 6.10 Å². The van der Waals surface area contributed by atoms with E-state index in [1.54, 1.807) is 29.3 Å². The number of anilines is 2. The van der Waals surface area contributed by atoms with Crippen LogP contribution in [0.25, 0.3) is 0 Å². The molecule has 3 atom stereocenters. The van der Waals surface area contributed by atoms with Crippen LogP contribution in [0.3, 0.4) is 0 Å². The van der Waals surface area contributed by atoms with Gasteiger partial charge in [-0.25, -0.2) is 14.8 Å². The average Bonchev–Trinajstić information content (AvgIpc) is 3.31. The summed E-state index contributed by atoms with van der Waals surface area (Å²) >= 11 is 0. The second-order valence-corrected chi connectivity index (χ2v) is 7.93. The molecule has 0 spiro atoms. The highest BCUT2D eigenvalue weighted by Crippen LogP contribution is 2.47. The monoisotopic (exact) mass is 428 g/mol. The van der Waals surface area contributed by atoms with E-state index in [0.717, 1.165) is 5.56 Å². The van der Waals surface area contributed by atoms with Crippen molar-refractivity contribution in [2.45, 2.75) is 19.1 Å². The van der Waals surface area contributed by atoms with E-state index in [9.17, 15) is 19.5 Å². The Balaban J connectivity index is 1.57. The number of hydrogen-bond donors (Lipinski definition) is 1. The van der Waals surface area contributed by atoms with Crippen LogP contribution in [0.1, 0.15) is 27.5 Å². The third kappa shape index (κ3) is 3.14. The number of carboxylic acids is 1. The Hall–Kier alpha value is -3.97. The normalized spacial score (nSPS) is 22.3. The number of imide groups is 1. The Kier molecular flexibility index (Phi) is 4.75. The summed E-state index contributed by atoms with van der Waals surface area (Å²) in [6.45, 7) is 1.93. The van der Waals surface area contributed by atoms with Crippen molar-refractivity contribution in [2.75, 3.05) is 9.96 Å². The summed E-state index contributed by atoms with van der Waals surface area (Å²) in [4.78, 5) is 45.3. The molecule has 3 aromatic rings. The van der Waals surface area contributed by atoms with Gasteiger partial charge in [-0.3, -0.25) is 14.4 Å². The van der Waals surface area contributed by atoms with Gasteiger partial charge < -0.3 is 5.11 Å². The molecule has 160 valence electrons. The number of aromatic carboxylic acids is 1. The average molecular weight is 428 g/mol. The molecule has 3 aromatic carbocycles. The number of hydrogen-bond acceptors (Lipinski definition) is 5. The number of amides is 2. The summed E-state index contributed by atoms with van der Waals surface area (Å²) in [6.07, 6.45) is -0.965. The number of carbonyl (C=O) groups excluding carboxylic acids is 2. The highest BCUT2D eigenvalue weighted by Gasteiger charge is 2.60. The van der Waals surface area contributed by atoms with Crippen LogP contribution in [0.4, 0.5) is 11.4 Å². The summed E-state index contributed by atoms with van der Waals surface area (Å²) in [5.41, 5.74) is 3.08. The zero-order chi connectivity index (χ0) is 22.4. The van der Waals surface area contributed by atoms with Gasteiger partial charge in [0.25, 0.3) is 5.91 Å². The number of nitrogens with zero attached hydrogens (tertiary/aromatic N) is 2. The Morgan fingerprint density at radius 1 is 0.844 bits per heavy atom. The lowest BCUT2D eigenvalue weighted by molar-refractivity contribution is -0.126. The van der Waals surface area contributed by atoms with E-state index in [1.165, 1.54) is 17.0 Å². The van der Waals surface area contributed by atoms with Crippen molar-refractivity contribution in [3.05, 3.63) is 95.6 Å². The third-order valence-corrected chi connectivity index (χ3v) is 5.92. The number of fused-ring (bicyclic) bond motifs is 1. The molecule has 0 saturated carbocycles. The molecular formula is C25H20N2O5. The molecule has 32 heavy (non-hydrogen) atoms. The van der Waals surface area contributed by atoms with Crippen LogP contribution in [0, 0.1) is 12.8 Å². The van der Waals surface area contributed by atoms with E-state index in [2.05, 4.69) is 0 Å². The first-order chi connectivity index (χ1) is 15.5. The number of carbonyl (C=O) groups is 3. The van der Waals surface area contributed by atoms with Crippen LogP contribution in [-0.2, 0) is 14.4 Å². The SMILES string of the molecule is Cc1ccc(N2C(=O)C3ON(c4ccccc4)C(c4ccc(C(=O)O)cc4)C3C2=O)cc1. The summed E-state index contributed by atoms with van der Waals surface area (Å²) in [7, 11) is 0. The smallest absolute Gasteiger partial charge is 0.335 e. The number of rotatable bonds is 4. The first kappa shape index (κ1) is 20.0. The molecule has 2 heterocycles. The van der Waals surface area contributed by atoms with Crippen LogP contribution < -0.4 is 9.96 Å². The maximum Gasteiger partial charge on any atom is 0.335 e. The van der Waals surface area contributed by atoms with Crippen LogP contribution in [0.2, 0.25) is 0 Å². The van der Waals surface area contributed by atoms with Gasteiger partial charge in [-0.2, -0.15) is 0 Å². The van der Waals surface area contributed by atoms with Gasteiger partial charge in [-0.05, 0) is 48.9 Å². The third-order valence-electron chi connectivity index (χ3n) is 5.92. The van der Waals surface area contributed by atoms with Gasteiger partial charge in [0.2, 0.25) is 5.91 Å². The molecule has 0 radical (unpaired) electrons. The van der Waals surface area contributed by atoms with Crippen LogP contribution in [0.5, 0.6) is 0 Å². The van der Waals surface area contributed by atoms with Gasteiger partial charge in [-0.1, -0.05) is 48.0 Å². The van der Waals surface area contributed by atoms with Crippen molar-refractivity contribution in [1.29, 1.82) is 0 Å². The number of para-hydroxylation sites is 1. The minimum absolute atomic E-state index is 0.144. The molecule has 2 fully saturated rings. The van der Waals surface area contributed by atoms with Crippen molar-refractivity contribution in [1.82, 2.24) is 0 Å². The van der Waals surface area contributed by atoms with E-state index in [0.29, 0.717) is 16.9 Å². The van der Waals surface area contributed by atoms with E-state index >= 15 is 0 Å². The molecule has 2 aliphatic heterocycles. The lowest BCUT2D eigenvalue weighted by Gasteiger charge is -2.28. The Labute approximate surface area is 184 Å². The minimum Gasteiger partial charge on any atom is -0.478 e. The first-order valence-corrected chi connectivity index (χ1v) is 10.2. The molecular weight excluding hydrogens is 408 g/mol. The highest BCUT2D eigenvalue weighted by molar-refractivity contribution is 6.23. The fraction of sp³-hybridized carbons (Fsp3) is 0.160. The molecule has 3 unspecified atom stereocenters. The van der Waals surface area contributed by atoms with Crippen molar-refractivity contribution in [3.63, 3.8) is 0 Å². The van der Waals surface area contributed by atoms with Gasteiger partial charge in [0, 0.05) is 0 Å². The molecule has 2 saturated heterocycles. The molecule has 0 aliphatic carbocycles. The maximum atomic E-state index is 13.5. The summed E-state index contributed by atoms with van der Waals surface area (Å²) in [6, 6.07) is 22.2. The molecule has 1 N–H and O–H groups in total. The van der Waals surface area contributed by atoms with Gasteiger partial charge >= 0.3 is 5.97 Å². The van der Waals surface area contributed by atoms with E-state index in [-0.39, 0.29) is 11.5 Å². The summed E-state index contributed by atoms with van der Waals surface area (Å²) in [5.74, 6) is -2.54. The number of carboxylic acid groups (broad SMARTS) is 1. The molecule has 7 nitrogen and oxygen atoms in total. The fourth-order valence-electron chi connectivity index (χ4n) is 4.32. The molecule has 7 heteroatoms. The van der Waals surface area contributed by atoms with Crippen molar-refractivity contribution < 1.29 is 24.3 Å². The largest absolute Gasteiger partial charge is 0.478 e. The maximum absolute atomic E-state index is 13.5. The first-order valence-electron chi connectivity index (χ1n) is 10.2. The Bertz CT molecular complexity index is 1190. The van der Waals surface area contributed by atoms with Crippen molar-refractivity contribution in [3.8, 4) is 0 Å². The van der Waals surface area contributed by atoms with Crippen molar-refractivity contribution in [2.24, 2.45) is 5.92 Å². The van der Waals surface area contributed by atoms with Crippen LogP contribution >= 0.6 is 0 Å². The number of benzene rings is 3. The minimum atomic E-state index is -1.03. The van der Waals surface area contributed by atoms with Crippen LogP contribution in [-0.4, -0.2) is 29.0 Å². The predicted octanol–water partition coefficient (Wildman–Crippen LogP) is 3.74. The van der Waals surface area contributed by atoms with Gasteiger partial charge in [0.1, 0.15) is 5.92 Å².